The predicted molar refractivity (Wildman–Crippen MR) is 92.9 cm³/mol. The summed E-state index contributed by atoms with van der Waals surface area (Å²) in [6, 6.07) is 9.40. The second-order valence-electron chi connectivity index (χ2n) is 5.92. The number of likely N-dealkylation sites (tertiary alicyclic amines) is 1. The minimum absolute atomic E-state index is 0.0706. The highest BCUT2D eigenvalue weighted by atomic mass is 35.5. The quantitative estimate of drug-likeness (QED) is 0.768. The molecule has 3 heterocycles. The second kappa shape index (κ2) is 5.79. The Morgan fingerprint density at radius 2 is 2.04 bits per heavy atom. The minimum atomic E-state index is -0.0725. The van der Waals surface area contributed by atoms with E-state index < -0.39 is 0 Å². The van der Waals surface area contributed by atoms with Crippen LogP contribution < -0.4 is 5.32 Å². The molecule has 24 heavy (non-hydrogen) atoms. The Kier molecular flexibility index (Phi) is 3.61. The van der Waals surface area contributed by atoms with Crippen molar-refractivity contribution in [1.82, 2.24) is 19.9 Å². The number of nitrogens with one attached hydrogen (secondary N) is 2. The molecular formula is C17H16ClN5O. The van der Waals surface area contributed by atoms with E-state index in [0.717, 1.165) is 22.4 Å². The molecule has 1 aromatic carbocycles. The third-order valence-electron chi connectivity index (χ3n) is 4.47. The number of hydrogen-bond donors (Lipinski definition) is 2. The lowest BCUT2D eigenvalue weighted by Gasteiger charge is -2.26. The SMILES string of the molecule is CN1C(=O)C[C@H](Nc2ncnc3[nH]ccc23)[C@H]1c1ccc(Cl)cc1. The van der Waals surface area contributed by atoms with Gasteiger partial charge in [0, 0.05) is 24.7 Å². The number of rotatable bonds is 3. The molecule has 3 aromatic rings. The summed E-state index contributed by atoms with van der Waals surface area (Å²) in [5.74, 6) is 0.833. The number of halogens is 1. The Balaban J connectivity index is 1.69. The second-order valence-corrected chi connectivity index (χ2v) is 6.35. The van der Waals surface area contributed by atoms with Crippen LogP contribution in [0.5, 0.6) is 0 Å². The molecule has 2 aromatic heterocycles. The summed E-state index contributed by atoms with van der Waals surface area (Å²) in [6.07, 6.45) is 3.76. The number of likely N-dealkylation sites (N-methyl/N-ethyl adjacent to an activating group) is 1. The van der Waals surface area contributed by atoms with Crippen LogP contribution in [0.25, 0.3) is 11.0 Å². The van der Waals surface area contributed by atoms with Gasteiger partial charge in [0.1, 0.15) is 17.8 Å². The van der Waals surface area contributed by atoms with Crippen LogP contribution in [0, 0.1) is 0 Å². The van der Waals surface area contributed by atoms with Crippen LogP contribution in [0.1, 0.15) is 18.0 Å². The number of nitrogens with zero attached hydrogens (tertiary/aromatic N) is 3. The van der Waals surface area contributed by atoms with Crippen LogP contribution in [0.15, 0.2) is 42.9 Å². The van der Waals surface area contributed by atoms with E-state index >= 15 is 0 Å². The highest BCUT2D eigenvalue weighted by Crippen LogP contribution is 2.35. The average Bonchev–Trinajstić information content (AvgIpc) is 3.15. The number of H-pyrrole nitrogens is 1. The average molecular weight is 342 g/mol. The number of carbonyl (C=O) groups excluding carboxylic acids is 1. The fraction of sp³-hybridized carbons (Fsp3) is 0.235. The fourth-order valence-electron chi connectivity index (χ4n) is 3.28. The summed E-state index contributed by atoms with van der Waals surface area (Å²) in [5.41, 5.74) is 1.82. The monoisotopic (exact) mass is 341 g/mol. The first-order chi connectivity index (χ1) is 11.6. The Morgan fingerprint density at radius 1 is 1.25 bits per heavy atom. The summed E-state index contributed by atoms with van der Waals surface area (Å²) in [6.45, 7) is 0. The van der Waals surface area contributed by atoms with Gasteiger partial charge < -0.3 is 15.2 Å². The normalized spacial score (nSPS) is 20.8. The van der Waals surface area contributed by atoms with Crippen LogP contribution in [0.3, 0.4) is 0 Å². The summed E-state index contributed by atoms with van der Waals surface area (Å²) >= 11 is 5.99. The van der Waals surface area contributed by atoms with E-state index in [9.17, 15) is 4.79 Å². The van der Waals surface area contributed by atoms with Gasteiger partial charge in [0.25, 0.3) is 0 Å². The molecule has 1 aliphatic rings. The van der Waals surface area contributed by atoms with Gasteiger partial charge in [-0.2, -0.15) is 0 Å². The van der Waals surface area contributed by atoms with Crippen LogP contribution in [0.2, 0.25) is 5.02 Å². The van der Waals surface area contributed by atoms with Crippen molar-refractivity contribution in [2.45, 2.75) is 18.5 Å². The van der Waals surface area contributed by atoms with Crippen LogP contribution in [-0.2, 0) is 4.79 Å². The largest absolute Gasteiger partial charge is 0.364 e. The van der Waals surface area contributed by atoms with Crippen LogP contribution >= 0.6 is 11.6 Å². The fourth-order valence-corrected chi connectivity index (χ4v) is 3.40. The van der Waals surface area contributed by atoms with E-state index in [0.29, 0.717) is 11.4 Å². The Morgan fingerprint density at radius 3 is 2.83 bits per heavy atom. The third-order valence-corrected chi connectivity index (χ3v) is 4.73. The van der Waals surface area contributed by atoms with Crippen molar-refractivity contribution >= 4 is 34.4 Å². The van der Waals surface area contributed by atoms with Gasteiger partial charge in [0.15, 0.2) is 0 Å². The number of aromatic amines is 1. The van der Waals surface area contributed by atoms with Gasteiger partial charge in [0.05, 0.1) is 17.5 Å². The Bertz CT molecular complexity index is 891. The first-order valence-corrected chi connectivity index (χ1v) is 8.07. The van der Waals surface area contributed by atoms with Crippen molar-refractivity contribution in [3.8, 4) is 0 Å². The van der Waals surface area contributed by atoms with Gasteiger partial charge in [-0.05, 0) is 23.8 Å². The number of fused-ring (bicyclic) bond motifs is 1. The Labute approximate surface area is 143 Å². The molecule has 6 nitrogen and oxygen atoms in total. The van der Waals surface area contributed by atoms with Gasteiger partial charge in [-0.25, -0.2) is 9.97 Å². The molecule has 0 spiro atoms. The Hall–Kier alpha value is -2.60. The zero-order valence-electron chi connectivity index (χ0n) is 13.0. The van der Waals surface area contributed by atoms with Crippen LogP contribution in [-0.4, -0.2) is 38.8 Å². The van der Waals surface area contributed by atoms with Crippen molar-refractivity contribution in [1.29, 1.82) is 0 Å². The molecule has 0 bridgehead atoms. The first-order valence-electron chi connectivity index (χ1n) is 7.69. The summed E-state index contributed by atoms with van der Waals surface area (Å²) < 4.78 is 0. The van der Waals surface area contributed by atoms with E-state index in [2.05, 4.69) is 20.3 Å². The molecule has 0 aliphatic carbocycles. The molecule has 1 amide bonds. The predicted octanol–water partition coefficient (Wildman–Crippen LogP) is 3.00. The van der Waals surface area contributed by atoms with E-state index in [4.69, 9.17) is 11.6 Å². The van der Waals surface area contributed by atoms with E-state index in [1.165, 1.54) is 6.33 Å². The van der Waals surface area contributed by atoms with Gasteiger partial charge >= 0.3 is 0 Å². The number of aromatic nitrogens is 3. The molecule has 1 aliphatic heterocycles. The molecule has 1 fully saturated rings. The summed E-state index contributed by atoms with van der Waals surface area (Å²) in [5, 5.41) is 5.02. The number of benzene rings is 1. The molecule has 2 N–H and O–H groups in total. The topological polar surface area (TPSA) is 73.9 Å². The van der Waals surface area contributed by atoms with Gasteiger partial charge in [-0.1, -0.05) is 23.7 Å². The molecule has 4 rings (SSSR count). The van der Waals surface area contributed by atoms with Gasteiger partial charge in [-0.3, -0.25) is 4.79 Å². The number of amides is 1. The third kappa shape index (κ3) is 2.49. The maximum atomic E-state index is 12.3. The lowest BCUT2D eigenvalue weighted by atomic mass is 10.00. The molecule has 2 atom stereocenters. The number of hydrogen-bond acceptors (Lipinski definition) is 4. The van der Waals surface area contributed by atoms with Gasteiger partial charge in [-0.15, -0.1) is 0 Å². The molecule has 0 radical (unpaired) electrons. The van der Waals surface area contributed by atoms with Crippen molar-refractivity contribution in [3.63, 3.8) is 0 Å². The molecule has 7 heteroatoms. The van der Waals surface area contributed by atoms with Crippen molar-refractivity contribution < 1.29 is 4.79 Å². The molecular weight excluding hydrogens is 326 g/mol. The lowest BCUT2D eigenvalue weighted by Crippen LogP contribution is -2.30. The zero-order chi connectivity index (χ0) is 16.7. The van der Waals surface area contributed by atoms with E-state index in [1.807, 2.05) is 43.6 Å². The smallest absolute Gasteiger partial charge is 0.225 e. The number of anilines is 1. The zero-order valence-corrected chi connectivity index (χ0v) is 13.8. The van der Waals surface area contributed by atoms with Crippen LogP contribution in [0.4, 0.5) is 5.82 Å². The standard InChI is InChI=1S/C17H16ClN5O/c1-23-14(24)8-13(15(23)10-2-4-11(18)5-3-10)22-17-12-6-7-19-16(12)20-9-21-17/h2-7,9,13,15H,8H2,1H3,(H2,19,20,21,22)/t13-,15+/m0/s1. The molecule has 122 valence electrons. The van der Waals surface area contributed by atoms with Crippen molar-refractivity contribution in [3.05, 3.63) is 53.4 Å². The molecule has 0 unspecified atom stereocenters. The number of carbonyl (C=O) groups is 1. The van der Waals surface area contributed by atoms with Crippen molar-refractivity contribution in [2.75, 3.05) is 12.4 Å². The maximum Gasteiger partial charge on any atom is 0.225 e. The summed E-state index contributed by atoms with van der Waals surface area (Å²) in [7, 11) is 1.83. The molecule has 0 saturated carbocycles. The minimum Gasteiger partial charge on any atom is -0.364 e. The highest BCUT2D eigenvalue weighted by Gasteiger charge is 2.38. The lowest BCUT2D eigenvalue weighted by molar-refractivity contribution is -0.127. The van der Waals surface area contributed by atoms with Gasteiger partial charge in [0.2, 0.25) is 5.91 Å². The maximum absolute atomic E-state index is 12.3. The summed E-state index contributed by atoms with van der Waals surface area (Å²) in [4.78, 5) is 25.6. The first kappa shape index (κ1) is 15.0. The van der Waals surface area contributed by atoms with Crippen molar-refractivity contribution in [2.24, 2.45) is 0 Å². The highest BCUT2D eigenvalue weighted by molar-refractivity contribution is 6.30. The van der Waals surface area contributed by atoms with E-state index in [-0.39, 0.29) is 18.0 Å². The van der Waals surface area contributed by atoms with E-state index in [1.54, 1.807) is 4.90 Å². The molecule has 1 saturated heterocycles.